The Balaban J connectivity index is 2.24. The minimum atomic E-state index is 1.08. The van der Waals surface area contributed by atoms with Gasteiger partial charge in [-0.25, -0.2) is 0 Å². The van der Waals surface area contributed by atoms with E-state index in [9.17, 15) is 0 Å². The van der Waals surface area contributed by atoms with Gasteiger partial charge in [0.25, 0.3) is 0 Å². The molecule has 0 atom stereocenters. The lowest BCUT2D eigenvalue weighted by molar-refractivity contribution is 0.290. The van der Waals surface area contributed by atoms with E-state index in [1.54, 1.807) is 11.3 Å². The summed E-state index contributed by atoms with van der Waals surface area (Å²) in [5.41, 5.74) is 1.48. The molecule has 0 N–H and O–H groups in total. The highest BCUT2D eigenvalue weighted by Crippen LogP contribution is 2.08. The van der Waals surface area contributed by atoms with Crippen LogP contribution in [0, 0.1) is 0 Å². The van der Waals surface area contributed by atoms with Crippen molar-refractivity contribution in [3.63, 3.8) is 0 Å². The second-order valence-electron chi connectivity index (χ2n) is 3.77. The van der Waals surface area contributed by atoms with Crippen LogP contribution in [-0.2, 0) is 6.42 Å². The molecule has 0 unspecified atom stereocenters. The summed E-state index contributed by atoms with van der Waals surface area (Å²) in [6.45, 7) is 5.86. The van der Waals surface area contributed by atoms with Crippen molar-refractivity contribution in [2.75, 3.05) is 25.0 Å². The van der Waals surface area contributed by atoms with E-state index in [0.29, 0.717) is 0 Å². The summed E-state index contributed by atoms with van der Waals surface area (Å²) in [6.07, 6.45) is 3.80. The molecular formula is C12H20BrNS. The van der Waals surface area contributed by atoms with E-state index in [0.717, 1.165) is 5.33 Å². The van der Waals surface area contributed by atoms with Crippen molar-refractivity contribution in [1.29, 1.82) is 0 Å². The fourth-order valence-electron chi connectivity index (χ4n) is 1.56. The van der Waals surface area contributed by atoms with Crippen molar-refractivity contribution in [2.24, 2.45) is 0 Å². The molecule has 15 heavy (non-hydrogen) atoms. The van der Waals surface area contributed by atoms with Gasteiger partial charge in [0.2, 0.25) is 0 Å². The molecule has 0 aliphatic rings. The molecule has 0 fully saturated rings. The Bertz CT molecular complexity index is 236. The molecule has 0 aliphatic carbocycles. The fourth-order valence-corrected chi connectivity index (χ4v) is 2.76. The van der Waals surface area contributed by atoms with Crippen LogP contribution in [0.4, 0.5) is 0 Å². The van der Waals surface area contributed by atoms with Gasteiger partial charge in [0.15, 0.2) is 0 Å². The molecule has 0 aliphatic heterocycles. The van der Waals surface area contributed by atoms with Crippen LogP contribution >= 0.6 is 27.3 Å². The van der Waals surface area contributed by atoms with Crippen LogP contribution in [0.25, 0.3) is 0 Å². The first-order chi connectivity index (χ1) is 7.36. The molecule has 86 valence electrons. The minimum Gasteiger partial charge on any atom is -0.302 e. The van der Waals surface area contributed by atoms with Crippen molar-refractivity contribution >= 4 is 27.3 Å². The lowest BCUT2D eigenvalue weighted by Crippen LogP contribution is -2.29. The second-order valence-corrected chi connectivity index (χ2v) is 5.34. The Morgan fingerprint density at radius 1 is 1.33 bits per heavy atom. The summed E-state index contributed by atoms with van der Waals surface area (Å²) >= 11 is 5.32. The maximum atomic E-state index is 3.52. The van der Waals surface area contributed by atoms with Gasteiger partial charge in [0.05, 0.1) is 0 Å². The molecule has 1 rings (SSSR count). The topological polar surface area (TPSA) is 3.24 Å². The number of halogens is 1. The van der Waals surface area contributed by atoms with Crippen LogP contribution in [0.2, 0.25) is 0 Å². The quantitative estimate of drug-likeness (QED) is 0.658. The summed E-state index contributed by atoms with van der Waals surface area (Å²) in [4.78, 5) is 2.55. The van der Waals surface area contributed by atoms with E-state index in [1.807, 2.05) is 0 Å². The Morgan fingerprint density at radius 2 is 2.20 bits per heavy atom. The average Bonchev–Trinajstić information content (AvgIpc) is 2.75. The predicted molar refractivity (Wildman–Crippen MR) is 73.2 cm³/mol. The predicted octanol–water partition coefficient (Wildman–Crippen LogP) is 3.79. The SMILES string of the molecule is CCCCN(CCBr)CCc1ccsc1. The first-order valence-electron chi connectivity index (χ1n) is 5.66. The number of alkyl halides is 1. The van der Waals surface area contributed by atoms with E-state index < -0.39 is 0 Å². The van der Waals surface area contributed by atoms with Gasteiger partial charge < -0.3 is 4.90 Å². The van der Waals surface area contributed by atoms with E-state index >= 15 is 0 Å². The number of rotatable bonds is 8. The lowest BCUT2D eigenvalue weighted by Gasteiger charge is -2.20. The van der Waals surface area contributed by atoms with Crippen LogP contribution < -0.4 is 0 Å². The first-order valence-corrected chi connectivity index (χ1v) is 7.72. The number of hydrogen-bond acceptors (Lipinski definition) is 2. The van der Waals surface area contributed by atoms with Gasteiger partial charge >= 0.3 is 0 Å². The van der Waals surface area contributed by atoms with Gasteiger partial charge in [-0.1, -0.05) is 29.3 Å². The first kappa shape index (κ1) is 13.2. The Morgan fingerprint density at radius 3 is 2.80 bits per heavy atom. The zero-order chi connectivity index (χ0) is 10.9. The second kappa shape index (κ2) is 8.31. The van der Waals surface area contributed by atoms with Crippen LogP contribution in [0.15, 0.2) is 16.8 Å². The lowest BCUT2D eigenvalue weighted by atomic mass is 10.2. The molecule has 0 spiro atoms. The molecular weight excluding hydrogens is 270 g/mol. The van der Waals surface area contributed by atoms with Gasteiger partial charge in [-0.2, -0.15) is 11.3 Å². The minimum absolute atomic E-state index is 1.08. The maximum absolute atomic E-state index is 3.52. The fraction of sp³-hybridized carbons (Fsp3) is 0.667. The van der Waals surface area contributed by atoms with Crippen LogP contribution in [0.1, 0.15) is 25.3 Å². The number of unbranched alkanes of at least 4 members (excludes halogenated alkanes) is 1. The van der Waals surface area contributed by atoms with Gasteiger partial charge in [0.1, 0.15) is 0 Å². The third kappa shape index (κ3) is 5.69. The molecule has 0 bridgehead atoms. The van der Waals surface area contributed by atoms with E-state index in [4.69, 9.17) is 0 Å². The smallest absolute Gasteiger partial charge is 0.0159 e. The third-order valence-electron chi connectivity index (χ3n) is 2.53. The molecule has 0 radical (unpaired) electrons. The van der Waals surface area contributed by atoms with Gasteiger partial charge in [0, 0.05) is 18.4 Å². The van der Waals surface area contributed by atoms with E-state index in [1.165, 1.54) is 44.5 Å². The molecule has 0 amide bonds. The van der Waals surface area contributed by atoms with Crippen molar-refractivity contribution in [2.45, 2.75) is 26.2 Å². The molecule has 3 heteroatoms. The molecule has 0 aromatic carbocycles. The summed E-state index contributed by atoms with van der Waals surface area (Å²) in [5, 5.41) is 5.50. The van der Waals surface area contributed by atoms with Crippen LogP contribution in [0.5, 0.6) is 0 Å². The normalized spacial score (nSPS) is 11.1. The maximum Gasteiger partial charge on any atom is 0.0159 e. The Hall–Kier alpha value is 0.140. The van der Waals surface area contributed by atoms with Gasteiger partial charge in [-0.05, 0) is 41.8 Å². The van der Waals surface area contributed by atoms with Crippen molar-refractivity contribution in [3.8, 4) is 0 Å². The molecule has 1 nitrogen and oxygen atoms in total. The van der Waals surface area contributed by atoms with E-state index in [2.05, 4.69) is 44.6 Å². The van der Waals surface area contributed by atoms with Crippen LogP contribution in [0.3, 0.4) is 0 Å². The Kier molecular flexibility index (Phi) is 7.32. The highest BCUT2D eigenvalue weighted by Gasteiger charge is 2.03. The summed E-state index contributed by atoms with van der Waals surface area (Å²) in [5.74, 6) is 0. The van der Waals surface area contributed by atoms with Crippen LogP contribution in [-0.4, -0.2) is 29.9 Å². The summed E-state index contributed by atoms with van der Waals surface area (Å²) in [6, 6.07) is 2.23. The number of hydrogen-bond donors (Lipinski definition) is 0. The van der Waals surface area contributed by atoms with E-state index in [-0.39, 0.29) is 0 Å². The highest BCUT2D eigenvalue weighted by molar-refractivity contribution is 9.09. The monoisotopic (exact) mass is 289 g/mol. The third-order valence-corrected chi connectivity index (χ3v) is 3.61. The number of thiophene rings is 1. The van der Waals surface area contributed by atoms with Crippen molar-refractivity contribution < 1.29 is 0 Å². The molecule has 1 aromatic heterocycles. The van der Waals surface area contributed by atoms with Gasteiger partial charge in [-0.15, -0.1) is 0 Å². The summed E-state index contributed by atoms with van der Waals surface area (Å²) in [7, 11) is 0. The summed E-state index contributed by atoms with van der Waals surface area (Å²) < 4.78 is 0. The van der Waals surface area contributed by atoms with Crippen molar-refractivity contribution in [1.82, 2.24) is 4.90 Å². The molecule has 1 heterocycles. The van der Waals surface area contributed by atoms with Gasteiger partial charge in [-0.3, -0.25) is 0 Å². The molecule has 0 saturated heterocycles. The molecule has 0 saturated carbocycles. The average molecular weight is 290 g/mol. The zero-order valence-electron chi connectivity index (χ0n) is 9.42. The number of nitrogens with zero attached hydrogens (tertiary/aromatic N) is 1. The van der Waals surface area contributed by atoms with Crippen molar-refractivity contribution in [3.05, 3.63) is 22.4 Å². The largest absolute Gasteiger partial charge is 0.302 e. The zero-order valence-corrected chi connectivity index (χ0v) is 11.8. The Labute approximate surface area is 106 Å². The molecule has 1 aromatic rings. The standard InChI is InChI=1S/C12H20BrNS/c1-2-3-7-14(9-6-13)8-4-12-5-10-15-11-12/h5,10-11H,2-4,6-9H2,1H3. The highest BCUT2D eigenvalue weighted by atomic mass is 79.9.